The second-order valence-electron chi connectivity index (χ2n) is 4.58. The number of likely N-dealkylation sites (N-methyl/N-ethyl adjacent to an activating group) is 1. The Morgan fingerprint density at radius 2 is 2.05 bits per heavy atom. The molecule has 0 atom stereocenters. The minimum atomic E-state index is -0.292. The molecule has 0 aromatic carbocycles. The lowest BCUT2D eigenvalue weighted by Gasteiger charge is -2.15. The van der Waals surface area contributed by atoms with Crippen LogP contribution in [0.3, 0.4) is 0 Å². The maximum absolute atomic E-state index is 11.9. The van der Waals surface area contributed by atoms with Gasteiger partial charge in [-0.05, 0) is 44.4 Å². The number of halogens is 1. The molecule has 1 heterocycles. The molecule has 106 valence electrons. The summed E-state index contributed by atoms with van der Waals surface area (Å²) in [5.41, 5.74) is 2.06. The SMILES string of the molecule is CNCCNC(=O)c1cc2c([nH]c1=O)CCCC2.Cl. The molecule has 1 aliphatic carbocycles. The van der Waals surface area contributed by atoms with Gasteiger partial charge < -0.3 is 15.6 Å². The molecular formula is C13H20ClN3O2. The molecule has 0 saturated heterocycles. The van der Waals surface area contributed by atoms with Gasteiger partial charge in [-0.2, -0.15) is 0 Å². The Labute approximate surface area is 118 Å². The lowest BCUT2D eigenvalue weighted by atomic mass is 9.95. The van der Waals surface area contributed by atoms with Gasteiger partial charge in [-0.3, -0.25) is 9.59 Å². The lowest BCUT2D eigenvalue weighted by Crippen LogP contribution is -2.34. The summed E-state index contributed by atoms with van der Waals surface area (Å²) in [5, 5.41) is 5.66. The van der Waals surface area contributed by atoms with Crippen LogP contribution in [0.5, 0.6) is 0 Å². The Balaban J connectivity index is 0.00000180. The number of carbonyl (C=O) groups excluding carboxylic acids is 1. The summed E-state index contributed by atoms with van der Waals surface area (Å²) in [4.78, 5) is 26.5. The van der Waals surface area contributed by atoms with Gasteiger partial charge in [-0.1, -0.05) is 0 Å². The minimum Gasteiger partial charge on any atom is -0.351 e. The van der Waals surface area contributed by atoms with E-state index in [1.54, 1.807) is 6.07 Å². The zero-order chi connectivity index (χ0) is 13.0. The molecule has 0 radical (unpaired) electrons. The van der Waals surface area contributed by atoms with Crippen molar-refractivity contribution in [1.29, 1.82) is 0 Å². The highest BCUT2D eigenvalue weighted by atomic mass is 35.5. The van der Waals surface area contributed by atoms with Crippen LogP contribution >= 0.6 is 12.4 Å². The smallest absolute Gasteiger partial charge is 0.261 e. The maximum Gasteiger partial charge on any atom is 0.261 e. The number of aromatic amines is 1. The number of pyridine rings is 1. The van der Waals surface area contributed by atoms with E-state index in [1.165, 1.54) is 0 Å². The fraction of sp³-hybridized carbons (Fsp3) is 0.538. The van der Waals surface area contributed by atoms with E-state index in [-0.39, 0.29) is 29.4 Å². The van der Waals surface area contributed by atoms with Gasteiger partial charge >= 0.3 is 0 Å². The molecule has 3 N–H and O–H groups in total. The van der Waals surface area contributed by atoms with Crippen LogP contribution < -0.4 is 16.2 Å². The van der Waals surface area contributed by atoms with Gasteiger partial charge in [-0.15, -0.1) is 12.4 Å². The number of H-pyrrole nitrogens is 1. The first kappa shape index (κ1) is 15.7. The van der Waals surface area contributed by atoms with E-state index < -0.39 is 0 Å². The molecule has 1 aromatic rings. The Hall–Kier alpha value is -1.33. The molecule has 1 amide bonds. The Morgan fingerprint density at radius 1 is 1.32 bits per heavy atom. The van der Waals surface area contributed by atoms with Crippen LogP contribution in [0.25, 0.3) is 0 Å². The minimum absolute atomic E-state index is 0. The zero-order valence-corrected chi connectivity index (χ0v) is 11.9. The van der Waals surface area contributed by atoms with Crippen molar-refractivity contribution >= 4 is 18.3 Å². The summed E-state index contributed by atoms with van der Waals surface area (Å²) in [6.45, 7) is 1.21. The normalized spacial score (nSPS) is 13.3. The van der Waals surface area contributed by atoms with Crippen molar-refractivity contribution in [2.45, 2.75) is 25.7 Å². The molecule has 5 nitrogen and oxygen atoms in total. The van der Waals surface area contributed by atoms with E-state index in [9.17, 15) is 9.59 Å². The summed E-state index contributed by atoms with van der Waals surface area (Å²) >= 11 is 0. The number of amides is 1. The number of carbonyl (C=O) groups is 1. The molecule has 2 rings (SSSR count). The van der Waals surface area contributed by atoms with E-state index >= 15 is 0 Å². The van der Waals surface area contributed by atoms with E-state index in [0.717, 1.165) is 36.9 Å². The summed E-state index contributed by atoms with van der Waals surface area (Å²) in [6.07, 6.45) is 4.09. The number of hydrogen-bond donors (Lipinski definition) is 3. The van der Waals surface area contributed by atoms with Gasteiger partial charge in [0.25, 0.3) is 11.5 Å². The third-order valence-electron chi connectivity index (χ3n) is 3.24. The molecular weight excluding hydrogens is 266 g/mol. The first-order chi connectivity index (χ1) is 8.72. The number of nitrogens with one attached hydrogen (secondary N) is 3. The average molecular weight is 286 g/mol. The molecule has 19 heavy (non-hydrogen) atoms. The van der Waals surface area contributed by atoms with Crippen molar-refractivity contribution in [2.75, 3.05) is 20.1 Å². The number of rotatable bonds is 4. The van der Waals surface area contributed by atoms with Crippen molar-refractivity contribution in [1.82, 2.24) is 15.6 Å². The summed E-state index contributed by atoms with van der Waals surface area (Å²) in [7, 11) is 1.82. The van der Waals surface area contributed by atoms with Crippen molar-refractivity contribution in [3.05, 3.63) is 33.2 Å². The van der Waals surface area contributed by atoms with Crippen LogP contribution in [0.1, 0.15) is 34.5 Å². The highest BCUT2D eigenvalue weighted by Crippen LogP contribution is 2.18. The topological polar surface area (TPSA) is 74.0 Å². The largest absolute Gasteiger partial charge is 0.351 e. The van der Waals surface area contributed by atoms with Gasteiger partial charge in [-0.25, -0.2) is 0 Å². The van der Waals surface area contributed by atoms with Gasteiger partial charge in [0, 0.05) is 18.8 Å². The first-order valence-corrected chi connectivity index (χ1v) is 6.40. The Kier molecular flexibility index (Phi) is 6.05. The molecule has 1 aliphatic rings. The van der Waals surface area contributed by atoms with Crippen molar-refractivity contribution < 1.29 is 4.79 Å². The fourth-order valence-corrected chi connectivity index (χ4v) is 2.24. The van der Waals surface area contributed by atoms with E-state index in [2.05, 4.69) is 15.6 Å². The molecule has 0 unspecified atom stereocenters. The second kappa shape index (κ2) is 7.31. The van der Waals surface area contributed by atoms with Crippen LogP contribution in [-0.2, 0) is 12.8 Å². The number of aryl methyl sites for hydroxylation is 2. The average Bonchev–Trinajstić information content (AvgIpc) is 2.38. The van der Waals surface area contributed by atoms with E-state index in [1.807, 2.05) is 7.05 Å². The predicted molar refractivity (Wildman–Crippen MR) is 77.2 cm³/mol. The van der Waals surface area contributed by atoms with Gasteiger partial charge in [0.05, 0.1) is 0 Å². The monoisotopic (exact) mass is 285 g/mol. The van der Waals surface area contributed by atoms with Crippen LogP contribution in [0, 0.1) is 0 Å². The molecule has 0 bridgehead atoms. The van der Waals surface area contributed by atoms with Crippen LogP contribution in [0.4, 0.5) is 0 Å². The Morgan fingerprint density at radius 3 is 2.79 bits per heavy atom. The summed E-state index contributed by atoms with van der Waals surface area (Å²) < 4.78 is 0. The third kappa shape index (κ3) is 3.81. The number of hydrogen-bond acceptors (Lipinski definition) is 3. The van der Waals surface area contributed by atoms with Crippen molar-refractivity contribution in [3.8, 4) is 0 Å². The summed E-state index contributed by atoms with van der Waals surface area (Å²) in [5.74, 6) is -0.292. The first-order valence-electron chi connectivity index (χ1n) is 6.40. The zero-order valence-electron chi connectivity index (χ0n) is 11.0. The summed E-state index contributed by atoms with van der Waals surface area (Å²) in [6, 6.07) is 1.75. The fourth-order valence-electron chi connectivity index (χ4n) is 2.24. The number of fused-ring (bicyclic) bond motifs is 1. The van der Waals surface area contributed by atoms with Gasteiger partial charge in [0.1, 0.15) is 5.56 Å². The molecule has 6 heteroatoms. The van der Waals surface area contributed by atoms with Crippen molar-refractivity contribution in [2.24, 2.45) is 0 Å². The van der Waals surface area contributed by atoms with E-state index in [4.69, 9.17) is 0 Å². The van der Waals surface area contributed by atoms with Crippen LogP contribution in [-0.4, -0.2) is 31.0 Å². The number of aromatic nitrogens is 1. The predicted octanol–water partition coefficient (Wildman–Crippen LogP) is 0.625. The van der Waals surface area contributed by atoms with Crippen LogP contribution in [0.2, 0.25) is 0 Å². The Bertz CT molecular complexity index is 499. The maximum atomic E-state index is 11.9. The molecule has 0 saturated carbocycles. The molecule has 0 fully saturated rings. The standard InChI is InChI=1S/C13H19N3O2.ClH/c1-14-6-7-15-12(17)10-8-9-4-2-3-5-11(9)16-13(10)18;/h8,14H,2-7H2,1H3,(H,15,17)(H,16,18);1H. The molecule has 1 aromatic heterocycles. The van der Waals surface area contributed by atoms with Gasteiger partial charge in [0.2, 0.25) is 0 Å². The molecule has 0 aliphatic heterocycles. The second-order valence-corrected chi connectivity index (χ2v) is 4.58. The van der Waals surface area contributed by atoms with Crippen molar-refractivity contribution in [3.63, 3.8) is 0 Å². The lowest BCUT2D eigenvalue weighted by molar-refractivity contribution is 0.0952. The van der Waals surface area contributed by atoms with Gasteiger partial charge in [0.15, 0.2) is 0 Å². The highest BCUT2D eigenvalue weighted by molar-refractivity contribution is 5.94. The quantitative estimate of drug-likeness (QED) is 0.710. The highest BCUT2D eigenvalue weighted by Gasteiger charge is 2.16. The third-order valence-corrected chi connectivity index (χ3v) is 3.24. The molecule has 0 spiro atoms. The van der Waals surface area contributed by atoms with Crippen LogP contribution in [0.15, 0.2) is 10.9 Å². The van der Waals surface area contributed by atoms with E-state index in [0.29, 0.717) is 13.1 Å².